The molecule has 0 saturated heterocycles. The quantitative estimate of drug-likeness (QED) is 0.234. The first kappa shape index (κ1) is 24.3. The second-order valence-corrected chi connectivity index (χ2v) is 11.9. The summed E-state index contributed by atoms with van der Waals surface area (Å²) in [5, 5.41) is 1.83. The number of pyridine rings is 1. The Morgan fingerprint density at radius 1 is 0.625 bits per heavy atom. The topological polar surface area (TPSA) is 73.0 Å². The molecule has 6 heteroatoms. The van der Waals surface area contributed by atoms with Crippen LogP contribution in [0.4, 0.5) is 0 Å². The van der Waals surface area contributed by atoms with E-state index < -0.39 is 0 Å². The number of hydrogen-bond donors (Lipinski definition) is 0. The SMILES string of the molecule is CC1(C)CC(C)(C)c2c1c(=O)nc1c3cccc(-c4nc(-c5ccccc5)nc(-c5ccccc5)n4)c3ccn21. The number of rotatable bonds is 3. The molecule has 0 bridgehead atoms. The third kappa shape index (κ3) is 3.74. The Kier molecular flexibility index (Phi) is 5.26. The van der Waals surface area contributed by atoms with Crippen LogP contribution in [0.1, 0.15) is 45.4 Å². The maximum atomic E-state index is 13.5. The van der Waals surface area contributed by atoms with Crippen LogP contribution in [0.2, 0.25) is 0 Å². The van der Waals surface area contributed by atoms with Gasteiger partial charge in [0.05, 0.1) is 0 Å². The number of fused-ring (bicyclic) bond motifs is 5. The lowest BCUT2D eigenvalue weighted by atomic mass is 9.82. The highest BCUT2D eigenvalue weighted by molar-refractivity contribution is 6.02. The van der Waals surface area contributed by atoms with Gasteiger partial charge in [-0.25, -0.2) is 15.0 Å². The molecule has 0 fully saturated rings. The van der Waals surface area contributed by atoms with Gasteiger partial charge in [0.2, 0.25) is 0 Å². The Hall–Kier alpha value is -4.71. The smallest absolute Gasteiger partial charge is 0.277 e. The van der Waals surface area contributed by atoms with E-state index in [1.54, 1.807) is 0 Å². The second kappa shape index (κ2) is 8.65. The fourth-order valence-corrected chi connectivity index (χ4v) is 6.63. The molecule has 0 aliphatic heterocycles. The Balaban J connectivity index is 1.51. The second-order valence-electron chi connectivity index (χ2n) is 11.9. The molecule has 6 nitrogen and oxygen atoms in total. The number of aromatic nitrogens is 5. The maximum Gasteiger partial charge on any atom is 0.277 e. The van der Waals surface area contributed by atoms with Crippen molar-refractivity contribution >= 4 is 16.4 Å². The van der Waals surface area contributed by atoms with Gasteiger partial charge in [0.15, 0.2) is 17.5 Å². The lowest BCUT2D eigenvalue weighted by Gasteiger charge is -2.23. The highest BCUT2D eigenvalue weighted by Crippen LogP contribution is 2.48. The van der Waals surface area contributed by atoms with Gasteiger partial charge in [-0.2, -0.15) is 4.98 Å². The van der Waals surface area contributed by atoms with Crippen LogP contribution in [0.25, 0.3) is 50.6 Å². The zero-order valence-corrected chi connectivity index (χ0v) is 23.0. The lowest BCUT2D eigenvalue weighted by Crippen LogP contribution is -2.26. The van der Waals surface area contributed by atoms with E-state index in [1.165, 1.54) is 0 Å². The van der Waals surface area contributed by atoms with Crippen molar-refractivity contribution in [2.24, 2.45) is 0 Å². The minimum atomic E-state index is -0.229. The summed E-state index contributed by atoms with van der Waals surface area (Å²) >= 11 is 0. The third-order valence-electron chi connectivity index (χ3n) is 8.01. The fraction of sp³-hybridized carbons (Fsp3) is 0.206. The lowest BCUT2D eigenvalue weighted by molar-refractivity contribution is 0.397. The summed E-state index contributed by atoms with van der Waals surface area (Å²) in [4.78, 5) is 32.8. The molecule has 3 aromatic heterocycles. The molecule has 1 aliphatic rings. The molecular formula is C34H29N5O. The van der Waals surface area contributed by atoms with Gasteiger partial charge in [0, 0.05) is 44.9 Å². The van der Waals surface area contributed by atoms with Crippen molar-refractivity contribution in [1.29, 1.82) is 0 Å². The van der Waals surface area contributed by atoms with Crippen molar-refractivity contribution in [3.05, 3.63) is 113 Å². The van der Waals surface area contributed by atoms with E-state index in [9.17, 15) is 4.79 Å². The first-order chi connectivity index (χ1) is 19.2. The summed E-state index contributed by atoms with van der Waals surface area (Å²) in [5.74, 6) is 1.80. The first-order valence-corrected chi connectivity index (χ1v) is 13.6. The average molecular weight is 524 g/mol. The van der Waals surface area contributed by atoms with E-state index >= 15 is 0 Å². The third-order valence-corrected chi connectivity index (χ3v) is 8.01. The van der Waals surface area contributed by atoms with Gasteiger partial charge >= 0.3 is 0 Å². The molecule has 0 atom stereocenters. The molecule has 7 rings (SSSR count). The van der Waals surface area contributed by atoms with Gasteiger partial charge in [0.25, 0.3) is 5.56 Å². The summed E-state index contributed by atoms with van der Waals surface area (Å²) in [5.41, 5.74) is 4.72. The van der Waals surface area contributed by atoms with E-state index in [-0.39, 0.29) is 16.4 Å². The minimum Gasteiger partial charge on any atom is -0.304 e. The van der Waals surface area contributed by atoms with Crippen molar-refractivity contribution in [2.45, 2.75) is 44.9 Å². The van der Waals surface area contributed by atoms with Gasteiger partial charge in [-0.1, -0.05) is 107 Å². The van der Waals surface area contributed by atoms with Gasteiger partial charge in [-0.05, 0) is 23.3 Å². The minimum absolute atomic E-state index is 0.138. The molecule has 3 heterocycles. The van der Waals surface area contributed by atoms with E-state index in [0.717, 1.165) is 45.1 Å². The zero-order valence-electron chi connectivity index (χ0n) is 23.0. The Labute approximate surface area is 232 Å². The van der Waals surface area contributed by atoms with Crippen LogP contribution >= 0.6 is 0 Å². The summed E-state index contributed by atoms with van der Waals surface area (Å²) in [7, 11) is 0. The van der Waals surface area contributed by atoms with Crippen molar-refractivity contribution in [3.8, 4) is 34.2 Å². The van der Waals surface area contributed by atoms with Gasteiger partial charge < -0.3 is 4.40 Å². The number of hydrogen-bond acceptors (Lipinski definition) is 5. The molecule has 40 heavy (non-hydrogen) atoms. The van der Waals surface area contributed by atoms with Gasteiger partial charge in [0.1, 0.15) is 5.65 Å². The number of nitrogens with zero attached hydrogens (tertiary/aromatic N) is 5. The predicted octanol–water partition coefficient (Wildman–Crippen LogP) is 6.99. The first-order valence-electron chi connectivity index (χ1n) is 13.6. The molecule has 0 N–H and O–H groups in total. The summed E-state index contributed by atoms with van der Waals surface area (Å²) < 4.78 is 2.12. The highest BCUT2D eigenvalue weighted by atomic mass is 16.1. The predicted molar refractivity (Wildman–Crippen MR) is 159 cm³/mol. The molecule has 196 valence electrons. The molecule has 0 unspecified atom stereocenters. The molecular weight excluding hydrogens is 494 g/mol. The van der Waals surface area contributed by atoms with Crippen LogP contribution in [0.3, 0.4) is 0 Å². The summed E-state index contributed by atoms with van der Waals surface area (Å²) in [6, 6.07) is 28.0. The summed E-state index contributed by atoms with van der Waals surface area (Å²) in [6.07, 6.45) is 2.94. The van der Waals surface area contributed by atoms with Crippen LogP contribution in [-0.2, 0) is 10.8 Å². The molecule has 0 radical (unpaired) electrons. The largest absolute Gasteiger partial charge is 0.304 e. The van der Waals surface area contributed by atoms with Crippen LogP contribution in [0, 0.1) is 0 Å². The molecule has 0 spiro atoms. The Morgan fingerprint density at radius 2 is 1.23 bits per heavy atom. The zero-order chi connectivity index (χ0) is 27.6. The molecule has 0 saturated carbocycles. The highest BCUT2D eigenvalue weighted by Gasteiger charge is 2.46. The summed E-state index contributed by atoms with van der Waals surface area (Å²) in [6.45, 7) is 8.72. The molecule has 6 aromatic rings. The van der Waals surface area contributed by atoms with Crippen molar-refractivity contribution < 1.29 is 0 Å². The van der Waals surface area contributed by atoms with E-state index in [4.69, 9.17) is 15.0 Å². The monoisotopic (exact) mass is 523 g/mol. The van der Waals surface area contributed by atoms with Gasteiger partial charge in [-0.3, -0.25) is 4.79 Å². The maximum absolute atomic E-state index is 13.5. The van der Waals surface area contributed by atoms with Crippen LogP contribution in [0.15, 0.2) is 95.9 Å². The van der Waals surface area contributed by atoms with E-state index in [1.807, 2.05) is 85.1 Å². The number of benzene rings is 3. The van der Waals surface area contributed by atoms with Crippen molar-refractivity contribution in [2.75, 3.05) is 0 Å². The van der Waals surface area contributed by atoms with E-state index in [2.05, 4.69) is 43.1 Å². The molecule has 0 amide bonds. The molecule has 1 aliphatic carbocycles. The van der Waals surface area contributed by atoms with Crippen molar-refractivity contribution in [1.82, 2.24) is 24.3 Å². The fourth-order valence-electron chi connectivity index (χ4n) is 6.63. The molecule has 3 aromatic carbocycles. The van der Waals surface area contributed by atoms with Gasteiger partial charge in [-0.15, -0.1) is 0 Å². The average Bonchev–Trinajstić information content (AvgIpc) is 3.17. The van der Waals surface area contributed by atoms with E-state index in [0.29, 0.717) is 23.1 Å². The van der Waals surface area contributed by atoms with Crippen LogP contribution in [0.5, 0.6) is 0 Å². The normalized spacial score (nSPS) is 15.4. The van der Waals surface area contributed by atoms with Crippen LogP contribution in [-0.4, -0.2) is 24.3 Å². The van der Waals surface area contributed by atoms with Crippen molar-refractivity contribution in [3.63, 3.8) is 0 Å². The Morgan fingerprint density at radius 3 is 1.85 bits per heavy atom. The standard InChI is InChI=1S/C34H29N5O/c1-33(2)20-34(3,4)27-26(33)32(40)38-31-25-17-11-16-24(23(25)18-19-39(27)31)30-36-28(21-12-7-5-8-13-21)35-29(37-30)22-14-9-6-10-15-22/h5-19H,20H2,1-4H3. The Bertz CT molecular complexity index is 1940. The van der Waals surface area contributed by atoms with Crippen LogP contribution < -0.4 is 5.56 Å².